The molecular weight excluding hydrogens is 292 g/mol. The number of anilines is 1. The summed E-state index contributed by atoms with van der Waals surface area (Å²) >= 11 is 0. The van der Waals surface area contributed by atoms with Crippen molar-refractivity contribution in [3.63, 3.8) is 0 Å². The van der Waals surface area contributed by atoms with Gasteiger partial charge in [0.2, 0.25) is 0 Å². The van der Waals surface area contributed by atoms with Crippen molar-refractivity contribution in [2.24, 2.45) is 5.92 Å². The Bertz CT molecular complexity index is 582. The molecule has 0 bridgehead atoms. The molecule has 0 saturated carbocycles. The second kappa shape index (κ2) is 6.89. The number of likely N-dealkylation sites (tertiary alicyclic amines) is 1. The molecular formula is C17H24N4O2. The van der Waals surface area contributed by atoms with Gasteiger partial charge in [-0.3, -0.25) is 0 Å². The topological polar surface area (TPSA) is 64.7 Å². The van der Waals surface area contributed by atoms with Crippen LogP contribution in [0.5, 0.6) is 0 Å². The smallest absolute Gasteiger partial charge is 0.321 e. The Hall–Kier alpha value is -2.24. The lowest BCUT2D eigenvalue weighted by Crippen LogP contribution is -2.40. The summed E-state index contributed by atoms with van der Waals surface area (Å²) in [4.78, 5) is 27.8. The van der Waals surface area contributed by atoms with Crippen molar-refractivity contribution >= 4 is 17.7 Å². The molecule has 1 aromatic rings. The minimum absolute atomic E-state index is 0.0452. The van der Waals surface area contributed by atoms with Crippen molar-refractivity contribution in [2.75, 3.05) is 31.5 Å². The Morgan fingerprint density at radius 3 is 2.70 bits per heavy atom. The number of para-hydroxylation sites is 1. The third kappa shape index (κ3) is 3.75. The number of benzene rings is 1. The monoisotopic (exact) mass is 316 g/mol. The highest BCUT2D eigenvalue weighted by atomic mass is 16.2. The summed E-state index contributed by atoms with van der Waals surface area (Å²) in [6, 6.07) is 7.60. The summed E-state index contributed by atoms with van der Waals surface area (Å²) in [5, 5.41) is 5.81. The number of piperidine rings is 1. The second-order valence-corrected chi connectivity index (χ2v) is 6.41. The van der Waals surface area contributed by atoms with Gasteiger partial charge in [-0.1, -0.05) is 25.1 Å². The van der Waals surface area contributed by atoms with Crippen LogP contribution in [-0.2, 0) is 6.54 Å². The maximum absolute atomic E-state index is 12.4. The molecule has 2 aliphatic heterocycles. The first-order valence-electron chi connectivity index (χ1n) is 8.30. The molecule has 3 rings (SSSR count). The summed E-state index contributed by atoms with van der Waals surface area (Å²) in [7, 11) is 0. The third-order valence-electron chi connectivity index (χ3n) is 4.64. The highest BCUT2D eigenvalue weighted by molar-refractivity contribution is 5.90. The molecule has 0 aromatic heterocycles. The number of nitrogens with one attached hydrogen (secondary N) is 2. The normalized spacial score (nSPS) is 18.9. The van der Waals surface area contributed by atoms with E-state index in [1.165, 1.54) is 0 Å². The summed E-state index contributed by atoms with van der Waals surface area (Å²) in [6.07, 6.45) is 2.12. The van der Waals surface area contributed by atoms with Crippen LogP contribution >= 0.6 is 0 Å². The maximum atomic E-state index is 12.4. The van der Waals surface area contributed by atoms with Crippen LogP contribution < -0.4 is 10.6 Å². The van der Waals surface area contributed by atoms with E-state index in [1.807, 2.05) is 29.2 Å². The predicted molar refractivity (Wildman–Crippen MR) is 89.2 cm³/mol. The predicted octanol–water partition coefficient (Wildman–Crippen LogP) is 2.48. The van der Waals surface area contributed by atoms with E-state index in [1.54, 1.807) is 4.90 Å². The minimum Gasteiger partial charge on any atom is -0.336 e. The number of hydrogen-bond donors (Lipinski definition) is 2. The van der Waals surface area contributed by atoms with Gasteiger partial charge < -0.3 is 20.4 Å². The van der Waals surface area contributed by atoms with Gasteiger partial charge in [-0.25, -0.2) is 9.59 Å². The van der Waals surface area contributed by atoms with E-state index in [2.05, 4.69) is 17.6 Å². The zero-order valence-electron chi connectivity index (χ0n) is 13.5. The largest absolute Gasteiger partial charge is 0.336 e. The quantitative estimate of drug-likeness (QED) is 0.900. The first kappa shape index (κ1) is 15.6. The lowest BCUT2D eigenvalue weighted by atomic mass is 10.00. The highest BCUT2D eigenvalue weighted by Gasteiger charge is 2.23. The number of urea groups is 2. The number of hydrogen-bond acceptors (Lipinski definition) is 2. The van der Waals surface area contributed by atoms with Gasteiger partial charge in [-0.15, -0.1) is 0 Å². The number of nitrogens with zero attached hydrogens (tertiary/aromatic N) is 2. The Morgan fingerprint density at radius 2 is 2.00 bits per heavy atom. The lowest BCUT2D eigenvalue weighted by molar-refractivity contribution is 0.186. The Labute approximate surface area is 136 Å². The van der Waals surface area contributed by atoms with Crippen LogP contribution in [0.2, 0.25) is 0 Å². The summed E-state index contributed by atoms with van der Waals surface area (Å²) in [5.41, 5.74) is 1.75. The average Bonchev–Trinajstić information content (AvgIpc) is 2.95. The molecule has 6 heteroatoms. The SMILES string of the molecule is CC1CCN(C(=O)Nc2ccccc2CN2CCNC2=O)CC1. The van der Waals surface area contributed by atoms with Crippen molar-refractivity contribution in [3.8, 4) is 0 Å². The molecule has 0 aliphatic carbocycles. The maximum Gasteiger partial charge on any atom is 0.321 e. The average molecular weight is 316 g/mol. The summed E-state index contributed by atoms with van der Waals surface area (Å²) in [6.45, 7) is 5.74. The van der Waals surface area contributed by atoms with Gasteiger partial charge in [0, 0.05) is 38.4 Å². The van der Waals surface area contributed by atoms with Gasteiger partial charge in [-0.05, 0) is 30.4 Å². The molecule has 2 heterocycles. The van der Waals surface area contributed by atoms with Crippen LogP contribution in [0.15, 0.2) is 24.3 Å². The van der Waals surface area contributed by atoms with E-state index < -0.39 is 0 Å². The highest BCUT2D eigenvalue weighted by Crippen LogP contribution is 2.21. The van der Waals surface area contributed by atoms with Crippen LogP contribution in [0.1, 0.15) is 25.3 Å². The first-order valence-corrected chi connectivity index (χ1v) is 8.30. The molecule has 23 heavy (non-hydrogen) atoms. The van der Waals surface area contributed by atoms with E-state index in [9.17, 15) is 9.59 Å². The van der Waals surface area contributed by atoms with Crippen molar-refractivity contribution in [2.45, 2.75) is 26.3 Å². The van der Waals surface area contributed by atoms with Gasteiger partial charge in [0.15, 0.2) is 0 Å². The summed E-state index contributed by atoms with van der Waals surface area (Å²) in [5.74, 6) is 0.694. The zero-order chi connectivity index (χ0) is 16.2. The van der Waals surface area contributed by atoms with E-state index in [0.29, 0.717) is 25.6 Å². The number of amides is 4. The zero-order valence-corrected chi connectivity index (χ0v) is 13.5. The van der Waals surface area contributed by atoms with Crippen LogP contribution in [0, 0.1) is 5.92 Å². The van der Waals surface area contributed by atoms with Crippen LogP contribution in [0.25, 0.3) is 0 Å². The van der Waals surface area contributed by atoms with Crippen LogP contribution in [0.3, 0.4) is 0 Å². The Morgan fingerprint density at radius 1 is 1.26 bits per heavy atom. The van der Waals surface area contributed by atoms with Crippen LogP contribution in [-0.4, -0.2) is 48.0 Å². The van der Waals surface area contributed by atoms with Gasteiger partial charge in [0.05, 0.1) is 0 Å². The van der Waals surface area contributed by atoms with Crippen LogP contribution in [0.4, 0.5) is 15.3 Å². The van der Waals surface area contributed by atoms with E-state index in [-0.39, 0.29) is 12.1 Å². The lowest BCUT2D eigenvalue weighted by Gasteiger charge is -2.30. The fraction of sp³-hybridized carbons (Fsp3) is 0.529. The standard InChI is InChI=1S/C17H24N4O2/c1-13-6-9-20(10-7-13)17(23)19-15-5-3-2-4-14(15)12-21-11-8-18-16(21)22/h2-5,13H,6-12H2,1H3,(H,18,22)(H,19,23). The molecule has 2 saturated heterocycles. The molecule has 0 radical (unpaired) electrons. The molecule has 1 aromatic carbocycles. The molecule has 0 spiro atoms. The number of carbonyl (C=O) groups excluding carboxylic acids is 2. The molecule has 4 amide bonds. The summed E-state index contributed by atoms with van der Waals surface area (Å²) < 4.78 is 0. The van der Waals surface area contributed by atoms with Gasteiger partial charge in [0.25, 0.3) is 0 Å². The van der Waals surface area contributed by atoms with E-state index in [0.717, 1.165) is 37.2 Å². The van der Waals surface area contributed by atoms with E-state index in [4.69, 9.17) is 0 Å². The fourth-order valence-electron chi connectivity index (χ4n) is 3.05. The van der Waals surface area contributed by atoms with Crippen molar-refractivity contribution in [1.29, 1.82) is 0 Å². The van der Waals surface area contributed by atoms with Gasteiger partial charge in [0.1, 0.15) is 0 Å². The van der Waals surface area contributed by atoms with E-state index >= 15 is 0 Å². The van der Waals surface area contributed by atoms with Gasteiger partial charge >= 0.3 is 12.1 Å². The van der Waals surface area contributed by atoms with Gasteiger partial charge in [-0.2, -0.15) is 0 Å². The Kier molecular flexibility index (Phi) is 4.69. The number of rotatable bonds is 3. The molecule has 0 atom stereocenters. The van der Waals surface area contributed by atoms with Crippen molar-refractivity contribution < 1.29 is 9.59 Å². The molecule has 2 N–H and O–H groups in total. The second-order valence-electron chi connectivity index (χ2n) is 6.41. The molecule has 6 nitrogen and oxygen atoms in total. The first-order chi connectivity index (χ1) is 11.1. The third-order valence-corrected chi connectivity index (χ3v) is 4.64. The number of carbonyl (C=O) groups is 2. The Balaban J connectivity index is 1.65. The molecule has 124 valence electrons. The molecule has 2 aliphatic rings. The fourth-order valence-corrected chi connectivity index (χ4v) is 3.05. The van der Waals surface area contributed by atoms with Crippen molar-refractivity contribution in [1.82, 2.24) is 15.1 Å². The van der Waals surface area contributed by atoms with Crippen molar-refractivity contribution in [3.05, 3.63) is 29.8 Å². The molecule has 0 unspecified atom stereocenters. The molecule has 2 fully saturated rings. The minimum atomic E-state index is -0.0461.